The van der Waals surface area contributed by atoms with Gasteiger partial charge in [0.15, 0.2) is 0 Å². The molecule has 1 aliphatic heterocycles. The first kappa shape index (κ1) is 10.8. The van der Waals surface area contributed by atoms with E-state index in [1.165, 1.54) is 25.3 Å². The quantitative estimate of drug-likeness (QED) is 0.766. The van der Waals surface area contributed by atoms with E-state index in [0.29, 0.717) is 0 Å². The molecule has 1 aliphatic rings. The molecule has 1 heterocycles. The van der Waals surface area contributed by atoms with Crippen molar-refractivity contribution >= 4 is 18.3 Å². The molecule has 0 spiro atoms. The number of benzene rings is 1. The van der Waals surface area contributed by atoms with Gasteiger partial charge in [-0.15, -0.1) is 12.6 Å². The van der Waals surface area contributed by atoms with Crippen molar-refractivity contribution < 1.29 is 0 Å². The second-order valence-electron chi connectivity index (χ2n) is 3.94. The van der Waals surface area contributed by atoms with E-state index in [1.807, 2.05) is 0 Å². The van der Waals surface area contributed by atoms with Crippen LogP contribution in [0.3, 0.4) is 0 Å². The monoisotopic (exact) mass is 222 g/mol. The first-order chi connectivity index (χ1) is 7.29. The maximum Gasteiger partial charge on any atom is 0.0367 e. The van der Waals surface area contributed by atoms with Gasteiger partial charge in [0.05, 0.1) is 0 Å². The third kappa shape index (κ3) is 2.67. The zero-order valence-electron chi connectivity index (χ0n) is 9.19. The zero-order valence-corrected chi connectivity index (χ0v) is 10.1. The summed E-state index contributed by atoms with van der Waals surface area (Å²) in [5, 5.41) is 0. The predicted octanol–water partition coefficient (Wildman–Crippen LogP) is 2.12. The molecule has 0 N–H and O–H groups in total. The van der Waals surface area contributed by atoms with Gasteiger partial charge in [0.25, 0.3) is 0 Å². The lowest BCUT2D eigenvalue weighted by atomic mass is 10.2. The Morgan fingerprint density at radius 3 is 2.20 bits per heavy atom. The second kappa shape index (κ2) is 4.90. The molecule has 82 valence electrons. The average molecular weight is 222 g/mol. The van der Waals surface area contributed by atoms with Gasteiger partial charge in [0.1, 0.15) is 0 Å². The number of hydrogen-bond donors (Lipinski definition) is 1. The van der Waals surface area contributed by atoms with Gasteiger partial charge >= 0.3 is 0 Å². The maximum absolute atomic E-state index is 4.30. The number of likely N-dealkylation sites (N-methyl/N-ethyl adjacent to an activating group) is 1. The smallest absolute Gasteiger partial charge is 0.0367 e. The van der Waals surface area contributed by atoms with Crippen molar-refractivity contribution in [3.63, 3.8) is 0 Å². The molecule has 0 aliphatic carbocycles. The van der Waals surface area contributed by atoms with Crippen LogP contribution in [0.25, 0.3) is 0 Å². The van der Waals surface area contributed by atoms with Gasteiger partial charge in [0.2, 0.25) is 0 Å². The number of hydrogen-bond acceptors (Lipinski definition) is 3. The second-order valence-corrected chi connectivity index (χ2v) is 4.45. The Kier molecular flexibility index (Phi) is 3.54. The maximum atomic E-state index is 4.30. The van der Waals surface area contributed by atoms with Crippen molar-refractivity contribution in [3.05, 3.63) is 24.3 Å². The fraction of sp³-hybridized carbons (Fsp3) is 0.500. The van der Waals surface area contributed by atoms with Gasteiger partial charge in [-0.2, -0.15) is 0 Å². The lowest BCUT2D eigenvalue weighted by molar-refractivity contribution is 0.271. The Balaban J connectivity index is 1.98. The number of rotatable bonds is 2. The first-order valence-electron chi connectivity index (χ1n) is 5.56. The van der Waals surface area contributed by atoms with Crippen LogP contribution < -0.4 is 4.90 Å². The molecule has 1 saturated heterocycles. The first-order valence-corrected chi connectivity index (χ1v) is 6.00. The largest absolute Gasteiger partial charge is 0.369 e. The van der Waals surface area contributed by atoms with Crippen LogP contribution in [-0.4, -0.2) is 37.6 Å². The Labute approximate surface area is 97.3 Å². The summed E-state index contributed by atoms with van der Waals surface area (Å²) in [6, 6.07) is 8.43. The van der Waals surface area contributed by atoms with Gasteiger partial charge in [-0.05, 0) is 30.8 Å². The van der Waals surface area contributed by atoms with Crippen LogP contribution >= 0.6 is 12.6 Å². The van der Waals surface area contributed by atoms with E-state index in [9.17, 15) is 0 Å². The number of piperazine rings is 1. The molecule has 15 heavy (non-hydrogen) atoms. The lowest BCUT2D eigenvalue weighted by Crippen LogP contribution is -2.46. The summed E-state index contributed by atoms with van der Waals surface area (Å²) < 4.78 is 0. The van der Waals surface area contributed by atoms with Crippen molar-refractivity contribution in [2.24, 2.45) is 0 Å². The zero-order chi connectivity index (χ0) is 10.7. The van der Waals surface area contributed by atoms with Gasteiger partial charge in [-0.3, -0.25) is 0 Å². The summed E-state index contributed by atoms with van der Waals surface area (Å²) >= 11 is 4.30. The van der Waals surface area contributed by atoms with Gasteiger partial charge in [0, 0.05) is 36.8 Å². The van der Waals surface area contributed by atoms with Crippen LogP contribution in [0.5, 0.6) is 0 Å². The van der Waals surface area contributed by atoms with Crippen LogP contribution in [0, 0.1) is 0 Å². The van der Waals surface area contributed by atoms with E-state index < -0.39 is 0 Å². The molecule has 1 aromatic carbocycles. The Morgan fingerprint density at radius 1 is 1.07 bits per heavy atom. The fourth-order valence-corrected chi connectivity index (χ4v) is 2.13. The van der Waals surface area contributed by atoms with Gasteiger partial charge < -0.3 is 9.80 Å². The molecule has 0 saturated carbocycles. The van der Waals surface area contributed by atoms with Crippen molar-refractivity contribution in [2.75, 3.05) is 37.6 Å². The summed E-state index contributed by atoms with van der Waals surface area (Å²) in [4.78, 5) is 5.97. The molecule has 0 atom stereocenters. The molecular weight excluding hydrogens is 204 g/mol. The van der Waals surface area contributed by atoms with Crippen molar-refractivity contribution in [1.29, 1.82) is 0 Å². The van der Waals surface area contributed by atoms with Crippen molar-refractivity contribution in [1.82, 2.24) is 4.90 Å². The highest BCUT2D eigenvalue weighted by Crippen LogP contribution is 2.18. The van der Waals surface area contributed by atoms with E-state index in [0.717, 1.165) is 18.0 Å². The molecule has 0 amide bonds. The summed E-state index contributed by atoms with van der Waals surface area (Å²) in [7, 11) is 0. The molecule has 0 aromatic heterocycles. The Hall–Kier alpha value is -0.670. The number of thiol groups is 1. The molecule has 0 radical (unpaired) electrons. The molecule has 2 rings (SSSR count). The van der Waals surface area contributed by atoms with Crippen LogP contribution in [0.15, 0.2) is 29.2 Å². The standard InChI is InChI=1S/C12H18N2S/c1-2-13-7-9-14(10-8-13)11-3-5-12(15)6-4-11/h3-6,15H,2,7-10H2,1H3. The minimum Gasteiger partial charge on any atom is -0.369 e. The number of anilines is 1. The summed E-state index contributed by atoms with van der Waals surface area (Å²) in [5.41, 5.74) is 1.32. The van der Waals surface area contributed by atoms with Crippen LogP contribution in [0.1, 0.15) is 6.92 Å². The van der Waals surface area contributed by atoms with E-state index in [2.05, 4.69) is 53.6 Å². The average Bonchev–Trinajstić information content (AvgIpc) is 2.30. The minimum absolute atomic E-state index is 1.03. The summed E-state index contributed by atoms with van der Waals surface area (Å²) in [5.74, 6) is 0. The van der Waals surface area contributed by atoms with E-state index >= 15 is 0 Å². The van der Waals surface area contributed by atoms with Crippen molar-refractivity contribution in [3.8, 4) is 0 Å². The van der Waals surface area contributed by atoms with E-state index in [-0.39, 0.29) is 0 Å². The highest BCUT2D eigenvalue weighted by molar-refractivity contribution is 7.80. The Bertz CT molecular complexity index is 302. The highest BCUT2D eigenvalue weighted by Gasteiger charge is 2.15. The van der Waals surface area contributed by atoms with Crippen molar-refractivity contribution in [2.45, 2.75) is 11.8 Å². The minimum atomic E-state index is 1.03. The molecule has 2 nitrogen and oxygen atoms in total. The molecule has 0 unspecified atom stereocenters. The van der Waals surface area contributed by atoms with Gasteiger partial charge in [-0.1, -0.05) is 6.92 Å². The molecule has 1 aromatic rings. The molecular formula is C12H18N2S. The molecule has 3 heteroatoms. The summed E-state index contributed by atoms with van der Waals surface area (Å²) in [6.45, 7) is 8.03. The fourth-order valence-electron chi connectivity index (χ4n) is 1.99. The predicted molar refractivity (Wildman–Crippen MR) is 68.0 cm³/mol. The van der Waals surface area contributed by atoms with Crippen LogP contribution in [0.2, 0.25) is 0 Å². The highest BCUT2D eigenvalue weighted by atomic mass is 32.1. The normalized spacial score (nSPS) is 18.1. The molecule has 1 fully saturated rings. The topological polar surface area (TPSA) is 6.48 Å². The van der Waals surface area contributed by atoms with Crippen LogP contribution in [-0.2, 0) is 0 Å². The van der Waals surface area contributed by atoms with Gasteiger partial charge in [-0.25, -0.2) is 0 Å². The summed E-state index contributed by atoms with van der Waals surface area (Å²) in [6.07, 6.45) is 0. The van der Waals surface area contributed by atoms with E-state index in [4.69, 9.17) is 0 Å². The SMILES string of the molecule is CCN1CCN(c2ccc(S)cc2)CC1. The molecule has 0 bridgehead atoms. The number of nitrogens with zero attached hydrogens (tertiary/aromatic N) is 2. The Morgan fingerprint density at radius 2 is 1.67 bits per heavy atom. The lowest BCUT2D eigenvalue weighted by Gasteiger charge is -2.35. The van der Waals surface area contributed by atoms with Crippen LogP contribution in [0.4, 0.5) is 5.69 Å². The third-order valence-electron chi connectivity index (χ3n) is 3.03. The third-order valence-corrected chi connectivity index (χ3v) is 3.33. The van der Waals surface area contributed by atoms with E-state index in [1.54, 1.807) is 0 Å².